The van der Waals surface area contributed by atoms with Crippen LogP contribution in [0.3, 0.4) is 0 Å². The summed E-state index contributed by atoms with van der Waals surface area (Å²) in [5.74, 6) is 0.773. The monoisotopic (exact) mass is 258 g/mol. The van der Waals surface area contributed by atoms with Gasteiger partial charge in [0, 0.05) is 36.7 Å². The maximum atomic E-state index is 3.69. The molecule has 1 unspecified atom stereocenters. The van der Waals surface area contributed by atoms with Gasteiger partial charge in [0.2, 0.25) is 0 Å². The van der Waals surface area contributed by atoms with Crippen molar-refractivity contribution in [3.05, 3.63) is 36.0 Å². The molecule has 0 fully saturated rings. The molecule has 2 heteroatoms. The minimum Gasteiger partial charge on any atom is -0.350 e. The van der Waals surface area contributed by atoms with Gasteiger partial charge in [-0.1, -0.05) is 44.9 Å². The molecule has 0 aliphatic heterocycles. The predicted octanol–water partition coefficient (Wildman–Crippen LogP) is 4.09. The fraction of sp³-hybridized carbons (Fsp3) is 0.529. The second-order valence-electron chi connectivity index (χ2n) is 5.53. The number of fused-ring (bicyclic) bond motifs is 1. The highest BCUT2D eigenvalue weighted by molar-refractivity contribution is 5.83. The zero-order valence-electron chi connectivity index (χ0n) is 12.6. The Hall–Kier alpha value is -1.28. The van der Waals surface area contributed by atoms with Gasteiger partial charge in [0.05, 0.1) is 0 Å². The fourth-order valence-electron chi connectivity index (χ4n) is 3.00. The quantitative estimate of drug-likeness (QED) is 0.825. The number of rotatable bonds is 6. The van der Waals surface area contributed by atoms with Crippen LogP contribution in [0.4, 0.5) is 0 Å². The Balaban J connectivity index is 2.10. The lowest BCUT2D eigenvalue weighted by molar-refractivity contribution is 0.353. The van der Waals surface area contributed by atoms with Gasteiger partial charge in [0.15, 0.2) is 0 Å². The lowest BCUT2D eigenvalue weighted by Gasteiger charge is -2.22. The van der Waals surface area contributed by atoms with Gasteiger partial charge in [-0.3, -0.25) is 0 Å². The van der Waals surface area contributed by atoms with E-state index in [9.17, 15) is 0 Å². The Kier molecular flexibility index (Phi) is 4.65. The van der Waals surface area contributed by atoms with Crippen LogP contribution in [0.1, 0.15) is 39.2 Å². The molecule has 0 saturated heterocycles. The number of benzene rings is 1. The molecule has 2 nitrogen and oxygen atoms in total. The lowest BCUT2D eigenvalue weighted by atomic mass is 9.95. The summed E-state index contributed by atoms with van der Waals surface area (Å²) in [7, 11) is 2.12. The van der Waals surface area contributed by atoms with Crippen molar-refractivity contribution in [2.24, 2.45) is 13.0 Å². The smallest absolute Gasteiger partial charge is 0.0481 e. The van der Waals surface area contributed by atoms with Crippen LogP contribution < -0.4 is 5.32 Å². The van der Waals surface area contributed by atoms with E-state index in [2.05, 4.69) is 68.2 Å². The first kappa shape index (κ1) is 14.1. The lowest BCUT2D eigenvalue weighted by Crippen LogP contribution is -2.32. The van der Waals surface area contributed by atoms with Crippen LogP contribution in [0.5, 0.6) is 0 Å². The molecule has 0 bridgehead atoms. The van der Waals surface area contributed by atoms with Gasteiger partial charge in [-0.05, 0) is 24.5 Å². The first-order valence-electron chi connectivity index (χ1n) is 7.43. The first-order chi connectivity index (χ1) is 9.17. The molecule has 0 amide bonds. The maximum Gasteiger partial charge on any atom is 0.0481 e. The van der Waals surface area contributed by atoms with E-state index in [1.807, 2.05) is 0 Å². The molecule has 1 atom stereocenters. The van der Waals surface area contributed by atoms with E-state index in [0.29, 0.717) is 6.04 Å². The van der Waals surface area contributed by atoms with E-state index in [1.54, 1.807) is 0 Å². The second-order valence-corrected chi connectivity index (χ2v) is 5.53. The number of aromatic nitrogens is 1. The summed E-state index contributed by atoms with van der Waals surface area (Å²) in [6, 6.07) is 9.20. The summed E-state index contributed by atoms with van der Waals surface area (Å²) in [5, 5.41) is 5.06. The molecule has 0 radical (unpaired) electrons. The number of hydrogen-bond acceptors (Lipinski definition) is 1. The number of para-hydroxylation sites is 1. The molecule has 1 N–H and O–H groups in total. The van der Waals surface area contributed by atoms with Gasteiger partial charge in [-0.15, -0.1) is 0 Å². The average molecular weight is 258 g/mol. The minimum absolute atomic E-state index is 0.578. The SMILES string of the molecule is CCC(CC)C(C)NCc1cn(C)c2ccccc12. The minimum atomic E-state index is 0.578. The van der Waals surface area contributed by atoms with Crippen LogP contribution in [0, 0.1) is 5.92 Å². The molecule has 2 rings (SSSR count). The number of nitrogens with zero attached hydrogens (tertiary/aromatic N) is 1. The molecule has 0 saturated carbocycles. The summed E-state index contributed by atoms with van der Waals surface area (Å²) in [4.78, 5) is 0. The Bertz CT molecular complexity index is 523. The van der Waals surface area contributed by atoms with Gasteiger partial charge in [-0.25, -0.2) is 0 Å². The van der Waals surface area contributed by atoms with Crippen LogP contribution >= 0.6 is 0 Å². The normalized spacial score (nSPS) is 13.3. The summed E-state index contributed by atoms with van der Waals surface area (Å²) in [6.45, 7) is 7.83. The van der Waals surface area contributed by atoms with Crippen molar-refractivity contribution in [2.75, 3.05) is 0 Å². The van der Waals surface area contributed by atoms with Crippen molar-refractivity contribution in [2.45, 2.75) is 46.2 Å². The van der Waals surface area contributed by atoms with Crippen LogP contribution in [0.2, 0.25) is 0 Å². The third-order valence-electron chi connectivity index (χ3n) is 4.35. The average Bonchev–Trinajstić information content (AvgIpc) is 2.75. The van der Waals surface area contributed by atoms with Crippen LogP contribution in [0.25, 0.3) is 10.9 Å². The van der Waals surface area contributed by atoms with E-state index >= 15 is 0 Å². The molecular formula is C17H26N2. The van der Waals surface area contributed by atoms with E-state index in [1.165, 1.54) is 29.3 Å². The second kappa shape index (κ2) is 6.25. The van der Waals surface area contributed by atoms with Gasteiger partial charge in [0.1, 0.15) is 0 Å². The molecule has 1 aromatic heterocycles. The standard InChI is InChI=1S/C17H26N2/c1-5-14(6-2)13(3)18-11-15-12-19(4)17-10-8-7-9-16(15)17/h7-10,12-14,18H,5-6,11H2,1-4H3. The summed E-state index contributed by atoms with van der Waals surface area (Å²) < 4.78 is 2.22. The molecular weight excluding hydrogens is 232 g/mol. The van der Waals surface area contributed by atoms with Crippen LogP contribution in [0.15, 0.2) is 30.5 Å². The van der Waals surface area contributed by atoms with E-state index in [4.69, 9.17) is 0 Å². The van der Waals surface area contributed by atoms with Crippen molar-refractivity contribution in [3.63, 3.8) is 0 Å². The van der Waals surface area contributed by atoms with Crippen molar-refractivity contribution in [3.8, 4) is 0 Å². The molecule has 2 aromatic rings. The largest absolute Gasteiger partial charge is 0.350 e. The van der Waals surface area contributed by atoms with E-state index < -0.39 is 0 Å². The Labute approximate surface area is 116 Å². The highest BCUT2D eigenvalue weighted by Crippen LogP contribution is 2.21. The summed E-state index contributed by atoms with van der Waals surface area (Å²) in [5.41, 5.74) is 2.71. The van der Waals surface area contributed by atoms with Gasteiger partial charge < -0.3 is 9.88 Å². The number of nitrogens with one attached hydrogen (secondary N) is 1. The number of aryl methyl sites for hydroxylation is 1. The third-order valence-corrected chi connectivity index (χ3v) is 4.35. The molecule has 1 heterocycles. The Morgan fingerprint density at radius 2 is 1.84 bits per heavy atom. The third kappa shape index (κ3) is 3.01. The summed E-state index contributed by atoms with van der Waals surface area (Å²) in [6.07, 6.45) is 4.75. The van der Waals surface area contributed by atoms with Crippen LogP contribution in [-0.4, -0.2) is 10.6 Å². The van der Waals surface area contributed by atoms with Crippen molar-refractivity contribution < 1.29 is 0 Å². The first-order valence-corrected chi connectivity index (χ1v) is 7.43. The van der Waals surface area contributed by atoms with Crippen molar-refractivity contribution in [1.29, 1.82) is 0 Å². The molecule has 19 heavy (non-hydrogen) atoms. The van der Waals surface area contributed by atoms with Crippen molar-refractivity contribution in [1.82, 2.24) is 9.88 Å². The zero-order valence-corrected chi connectivity index (χ0v) is 12.6. The van der Waals surface area contributed by atoms with Gasteiger partial charge in [0.25, 0.3) is 0 Å². The summed E-state index contributed by atoms with van der Waals surface area (Å²) >= 11 is 0. The van der Waals surface area contributed by atoms with Crippen LogP contribution in [-0.2, 0) is 13.6 Å². The predicted molar refractivity (Wildman–Crippen MR) is 83.3 cm³/mol. The highest BCUT2D eigenvalue weighted by atomic mass is 14.9. The maximum absolute atomic E-state index is 3.69. The molecule has 0 spiro atoms. The molecule has 0 aliphatic rings. The molecule has 104 valence electrons. The van der Waals surface area contributed by atoms with E-state index in [0.717, 1.165) is 12.5 Å². The Morgan fingerprint density at radius 1 is 1.16 bits per heavy atom. The topological polar surface area (TPSA) is 17.0 Å². The number of hydrogen-bond donors (Lipinski definition) is 1. The van der Waals surface area contributed by atoms with E-state index in [-0.39, 0.29) is 0 Å². The highest BCUT2D eigenvalue weighted by Gasteiger charge is 2.13. The van der Waals surface area contributed by atoms with Crippen molar-refractivity contribution >= 4 is 10.9 Å². The van der Waals surface area contributed by atoms with Gasteiger partial charge in [-0.2, -0.15) is 0 Å². The van der Waals surface area contributed by atoms with Gasteiger partial charge >= 0.3 is 0 Å². The molecule has 0 aliphatic carbocycles. The fourth-order valence-corrected chi connectivity index (χ4v) is 3.00. The Morgan fingerprint density at radius 3 is 2.53 bits per heavy atom. The molecule has 1 aromatic carbocycles. The zero-order chi connectivity index (χ0) is 13.8.